The first kappa shape index (κ1) is 18.1. The van der Waals surface area contributed by atoms with Gasteiger partial charge in [0, 0.05) is 0 Å². The molecule has 0 saturated carbocycles. The SMILES string of the molecule is O=C(O)OCCOCCOCCOCCOCCO. The molecule has 0 unspecified atom stereocenters. The number of carboxylic acid groups (broad SMARTS) is 1. The van der Waals surface area contributed by atoms with Gasteiger partial charge in [-0.2, -0.15) is 0 Å². The van der Waals surface area contributed by atoms with Gasteiger partial charge in [-0.3, -0.25) is 0 Å². The predicted octanol–water partition coefficient (Wildman–Crippen LogP) is -0.260. The summed E-state index contributed by atoms with van der Waals surface area (Å²) in [5.41, 5.74) is 0. The molecule has 0 saturated heterocycles. The van der Waals surface area contributed by atoms with Crippen LogP contribution in [0.4, 0.5) is 4.79 Å². The maximum atomic E-state index is 9.98. The van der Waals surface area contributed by atoms with Crippen LogP contribution >= 0.6 is 0 Å². The Balaban J connectivity index is 2.93. The fraction of sp³-hybridized carbons (Fsp3) is 0.909. The van der Waals surface area contributed by atoms with E-state index in [2.05, 4.69) is 4.74 Å². The molecule has 0 aliphatic carbocycles. The second kappa shape index (κ2) is 15.1. The van der Waals surface area contributed by atoms with Gasteiger partial charge in [0.15, 0.2) is 0 Å². The highest BCUT2D eigenvalue weighted by atomic mass is 16.7. The fourth-order valence-corrected chi connectivity index (χ4v) is 1.01. The molecule has 0 aromatic heterocycles. The van der Waals surface area contributed by atoms with E-state index >= 15 is 0 Å². The number of carbonyl (C=O) groups is 1. The van der Waals surface area contributed by atoms with Crippen LogP contribution in [0, 0.1) is 0 Å². The van der Waals surface area contributed by atoms with Crippen LogP contribution in [-0.2, 0) is 23.7 Å². The average molecular weight is 282 g/mol. The topological polar surface area (TPSA) is 104 Å². The molecule has 0 fully saturated rings. The van der Waals surface area contributed by atoms with Gasteiger partial charge in [0.25, 0.3) is 0 Å². The summed E-state index contributed by atoms with van der Waals surface area (Å²) in [5.74, 6) is 0. The summed E-state index contributed by atoms with van der Waals surface area (Å²) in [6.07, 6.45) is -1.31. The third-order valence-electron chi connectivity index (χ3n) is 1.80. The summed E-state index contributed by atoms with van der Waals surface area (Å²) in [7, 11) is 0. The molecule has 0 bridgehead atoms. The number of hydrogen-bond donors (Lipinski definition) is 2. The Morgan fingerprint density at radius 3 is 1.42 bits per heavy atom. The summed E-state index contributed by atoms with van der Waals surface area (Å²) >= 11 is 0. The van der Waals surface area contributed by atoms with Gasteiger partial charge in [-0.1, -0.05) is 0 Å². The summed E-state index contributed by atoms with van der Waals surface area (Å²) < 4.78 is 24.7. The van der Waals surface area contributed by atoms with Crippen LogP contribution in [-0.4, -0.2) is 82.4 Å². The number of ether oxygens (including phenoxy) is 5. The van der Waals surface area contributed by atoms with Gasteiger partial charge in [-0.25, -0.2) is 4.79 Å². The van der Waals surface area contributed by atoms with E-state index in [0.717, 1.165) is 0 Å². The zero-order chi connectivity index (χ0) is 14.2. The minimum atomic E-state index is -1.31. The van der Waals surface area contributed by atoms with Crippen LogP contribution in [0.15, 0.2) is 0 Å². The molecular formula is C11H22O8. The third-order valence-corrected chi connectivity index (χ3v) is 1.80. The number of aliphatic hydroxyl groups excluding tert-OH is 1. The third kappa shape index (κ3) is 17.1. The van der Waals surface area contributed by atoms with E-state index in [9.17, 15) is 4.79 Å². The second-order valence-electron chi connectivity index (χ2n) is 3.29. The lowest BCUT2D eigenvalue weighted by Gasteiger charge is -2.07. The summed E-state index contributed by atoms with van der Waals surface area (Å²) in [4.78, 5) is 9.98. The first-order chi connectivity index (χ1) is 9.27. The van der Waals surface area contributed by atoms with Gasteiger partial charge >= 0.3 is 6.16 Å². The quantitative estimate of drug-likeness (QED) is 0.332. The molecule has 8 nitrogen and oxygen atoms in total. The van der Waals surface area contributed by atoms with Crippen LogP contribution in [0.5, 0.6) is 0 Å². The molecule has 114 valence electrons. The number of aliphatic hydroxyl groups is 1. The van der Waals surface area contributed by atoms with E-state index in [4.69, 9.17) is 29.2 Å². The lowest BCUT2D eigenvalue weighted by Crippen LogP contribution is -2.14. The van der Waals surface area contributed by atoms with Gasteiger partial charge in [0.1, 0.15) is 6.61 Å². The van der Waals surface area contributed by atoms with Crippen LogP contribution < -0.4 is 0 Å². The van der Waals surface area contributed by atoms with Crippen LogP contribution in [0.25, 0.3) is 0 Å². The smallest absolute Gasteiger partial charge is 0.450 e. The van der Waals surface area contributed by atoms with Crippen molar-refractivity contribution in [3.8, 4) is 0 Å². The molecule has 0 amide bonds. The molecule has 0 aliphatic rings. The summed E-state index contributed by atoms with van der Waals surface area (Å²) in [6.45, 7) is 3.20. The van der Waals surface area contributed by atoms with Gasteiger partial charge in [0.05, 0.1) is 59.5 Å². The van der Waals surface area contributed by atoms with Crippen molar-refractivity contribution < 1.29 is 38.7 Å². The number of rotatable bonds is 14. The molecule has 0 aromatic rings. The minimum absolute atomic E-state index is 0.0145. The maximum absolute atomic E-state index is 9.98. The standard InChI is InChI=1S/C11H22O8/c12-1-2-15-3-4-16-5-6-17-7-8-18-9-10-19-11(13)14/h12H,1-10H2,(H,13,14). The van der Waals surface area contributed by atoms with Gasteiger partial charge in [0.2, 0.25) is 0 Å². The monoisotopic (exact) mass is 282 g/mol. The normalized spacial score (nSPS) is 10.6. The zero-order valence-corrected chi connectivity index (χ0v) is 10.9. The lowest BCUT2D eigenvalue weighted by atomic mass is 10.7. The van der Waals surface area contributed by atoms with Crippen molar-refractivity contribution in [1.29, 1.82) is 0 Å². The highest BCUT2D eigenvalue weighted by molar-refractivity contribution is 5.56. The molecule has 0 atom stereocenters. The van der Waals surface area contributed by atoms with Crippen molar-refractivity contribution in [1.82, 2.24) is 0 Å². The van der Waals surface area contributed by atoms with E-state index in [-0.39, 0.29) is 19.8 Å². The first-order valence-electron chi connectivity index (χ1n) is 6.05. The Morgan fingerprint density at radius 2 is 1.05 bits per heavy atom. The molecule has 0 rings (SSSR count). The molecule has 0 spiro atoms. The van der Waals surface area contributed by atoms with Crippen molar-refractivity contribution in [2.45, 2.75) is 0 Å². The number of hydrogen-bond acceptors (Lipinski definition) is 7. The van der Waals surface area contributed by atoms with E-state index in [1.807, 2.05) is 0 Å². The van der Waals surface area contributed by atoms with Crippen LogP contribution in [0.1, 0.15) is 0 Å². The molecule has 0 aromatic carbocycles. The molecule has 8 heteroatoms. The van der Waals surface area contributed by atoms with Crippen molar-refractivity contribution in [2.75, 3.05) is 66.1 Å². The Morgan fingerprint density at radius 1 is 0.684 bits per heavy atom. The minimum Gasteiger partial charge on any atom is -0.450 e. The largest absolute Gasteiger partial charge is 0.505 e. The summed E-state index contributed by atoms with van der Waals surface area (Å²) in [5, 5.41) is 16.6. The van der Waals surface area contributed by atoms with Gasteiger partial charge < -0.3 is 33.9 Å². The average Bonchev–Trinajstić information content (AvgIpc) is 2.39. The molecule has 0 radical (unpaired) electrons. The maximum Gasteiger partial charge on any atom is 0.505 e. The van der Waals surface area contributed by atoms with Crippen molar-refractivity contribution in [2.24, 2.45) is 0 Å². The second-order valence-corrected chi connectivity index (χ2v) is 3.29. The van der Waals surface area contributed by atoms with E-state index in [0.29, 0.717) is 46.2 Å². The molecular weight excluding hydrogens is 260 g/mol. The predicted molar refractivity (Wildman–Crippen MR) is 64.3 cm³/mol. The Hall–Kier alpha value is -0.930. The zero-order valence-electron chi connectivity index (χ0n) is 10.9. The Labute approximate surface area is 112 Å². The van der Waals surface area contributed by atoms with Crippen molar-refractivity contribution >= 4 is 6.16 Å². The highest BCUT2D eigenvalue weighted by Gasteiger charge is 1.95. The van der Waals surface area contributed by atoms with Crippen molar-refractivity contribution in [3.05, 3.63) is 0 Å². The van der Waals surface area contributed by atoms with Crippen LogP contribution in [0.3, 0.4) is 0 Å². The van der Waals surface area contributed by atoms with Gasteiger partial charge in [-0.05, 0) is 0 Å². The van der Waals surface area contributed by atoms with E-state index < -0.39 is 6.16 Å². The Bertz CT molecular complexity index is 199. The lowest BCUT2D eigenvalue weighted by molar-refractivity contribution is -0.0112. The molecule has 19 heavy (non-hydrogen) atoms. The Kier molecular flexibility index (Phi) is 14.4. The van der Waals surface area contributed by atoms with Crippen LogP contribution in [0.2, 0.25) is 0 Å². The van der Waals surface area contributed by atoms with Gasteiger partial charge in [-0.15, -0.1) is 0 Å². The van der Waals surface area contributed by atoms with E-state index in [1.165, 1.54) is 0 Å². The first-order valence-corrected chi connectivity index (χ1v) is 6.05. The van der Waals surface area contributed by atoms with E-state index in [1.54, 1.807) is 0 Å². The molecule has 0 aliphatic heterocycles. The molecule has 2 N–H and O–H groups in total. The summed E-state index contributed by atoms with van der Waals surface area (Å²) in [6, 6.07) is 0. The van der Waals surface area contributed by atoms with Crippen molar-refractivity contribution in [3.63, 3.8) is 0 Å². The molecule has 0 heterocycles. The highest BCUT2D eigenvalue weighted by Crippen LogP contribution is 1.83. The fourth-order valence-electron chi connectivity index (χ4n) is 1.01.